The van der Waals surface area contributed by atoms with Crippen LogP contribution in [-0.4, -0.2) is 4.98 Å². The highest BCUT2D eigenvalue weighted by molar-refractivity contribution is 9.10. The minimum Gasteiger partial charge on any atom is -0.710 e. The Labute approximate surface area is 129 Å². The molecule has 0 saturated carbocycles. The number of aromatic nitrogens is 2. The number of nitrogens with zero attached hydrogens (tertiary/aromatic N) is 2. The van der Waals surface area contributed by atoms with Crippen molar-refractivity contribution >= 4 is 15.9 Å². The van der Waals surface area contributed by atoms with Crippen LogP contribution in [0.2, 0.25) is 0 Å². The maximum atomic E-state index is 13.3. The summed E-state index contributed by atoms with van der Waals surface area (Å²) in [5.41, 5.74) is 2.65. The lowest BCUT2D eigenvalue weighted by Gasteiger charge is -2.09. The van der Waals surface area contributed by atoms with Crippen LogP contribution in [0.3, 0.4) is 0 Å². The summed E-state index contributed by atoms with van der Waals surface area (Å²) in [7, 11) is 0. The van der Waals surface area contributed by atoms with E-state index < -0.39 is 0 Å². The fraction of sp³-hybridized carbons (Fsp3) is 0. The number of hydrogen-bond acceptors (Lipinski definition) is 2. The van der Waals surface area contributed by atoms with Gasteiger partial charge in [-0.2, -0.15) is 0 Å². The van der Waals surface area contributed by atoms with Crippen molar-refractivity contribution in [3.05, 3.63) is 76.4 Å². The Bertz CT molecular complexity index is 794. The van der Waals surface area contributed by atoms with Gasteiger partial charge in [-0.3, -0.25) is 0 Å². The van der Waals surface area contributed by atoms with Crippen LogP contribution in [-0.2, 0) is 0 Å². The van der Waals surface area contributed by atoms with Gasteiger partial charge in [-0.1, -0.05) is 30.3 Å². The predicted molar refractivity (Wildman–Crippen MR) is 81.7 cm³/mol. The highest BCUT2D eigenvalue weighted by Crippen LogP contribution is 2.25. The van der Waals surface area contributed by atoms with Gasteiger partial charge in [-0.05, 0) is 39.1 Å². The van der Waals surface area contributed by atoms with E-state index in [1.165, 1.54) is 12.4 Å². The third-order valence-corrected chi connectivity index (χ3v) is 3.71. The topological polar surface area (TPSA) is 39.8 Å². The van der Waals surface area contributed by atoms with E-state index in [1.54, 1.807) is 18.2 Å². The van der Waals surface area contributed by atoms with E-state index in [4.69, 9.17) is 0 Å². The molecule has 0 aliphatic rings. The Hall–Kier alpha value is -2.27. The average Bonchev–Trinajstić information content (AvgIpc) is 2.51. The monoisotopic (exact) mass is 344 g/mol. The summed E-state index contributed by atoms with van der Waals surface area (Å²) in [6.07, 6.45) is 1.22. The molecule has 5 heteroatoms. The maximum absolute atomic E-state index is 13.3. The zero-order valence-electron chi connectivity index (χ0n) is 10.8. The molecule has 0 bridgehead atoms. The van der Waals surface area contributed by atoms with E-state index in [0.717, 1.165) is 15.9 Å². The summed E-state index contributed by atoms with van der Waals surface area (Å²) >= 11 is 3.15. The predicted octanol–water partition coefficient (Wildman–Crippen LogP) is 3.95. The minimum atomic E-state index is -0.336. The van der Waals surface area contributed by atoms with Gasteiger partial charge >= 0.3 is 0 Å². The van der Waals surface area contributed by atoms with Crippen LogP contribution >= 0.6 is 15.9 Å². The van der Waals surface area contributed by atoms with Crippen LogP contribution in [0.1, 0.15) is 0 Å². The Morgan fingerprint density at radius 3 is 2.48 bits per heavy atom. The van der Waals surface area contributed by atoms with Crippen molar-refractivity contribution in [2.45, 2.75) is 0 Å². The number of benzene rings is 2. The lowest BCUT2D eigenvalue weighted by atomic mass is 10.1. The molecule has 0 spiro atoms. The van der Waals surface area contributed by atoms with Gasteiger partial charge in [0.1, 0.15) is 11.5 Å². The summed E-state index contributed by atoms with van der Waals surface area (Å²) in [5.74, 6) is -0.336. The van der Waals surface area contributed by atoms with Crippen LogP contribution in [0.5, 0.6) is 0 Å². The van der Waals surface area contributed by atoms with Crippen molar-refractivity contribution in [1.29, 1.82) is 0 Å². The summed E-state index contributed by atoms with van der Waals surface area (Å²) in [5, 5.41) is 11.9. The molecular weight excluding hydrogens is 335 g/mol. The normalized spacial score (nSPS) is 10.6. The Morgan fingerprint density at radius 1 is 1.00 bits per heavy atom. The van der Waals surface area contributed by atoms with E-state index in [9.17, 15) is 9.60 Å². The summed E-state index contributed by atoms with van der Waals surface area (Å²) in [6.45, 7) is 0. The van der Waals surface area contributed by atoms with Crippen LogP contribution in [0, 0.1) is 11.0 Å². The first kappa shape index (κ1) is 13.7. The SMILES string of the molecule is [O-][n+]1cnc(-c2ccc(F)c(Br)c2)cc1-c1ccccc1. The van der Waals surface area contributed by atoms with Crippen LogP contribution in [0.4, 0.5) is 4.39 Å². The lowest BCUT2D eigenvalue weighted by Crippen LogP contribution is -2.29. The molecule has 0 amide bonds. The highest BCUT2D eigenvalue weighted by atomic mass is 79.9. The largest absolute Gasteiger partial charge is 0.710 e. The van der Waals surface area contributed by atoms with Crippen molar-refractivity contribution in [3.8, 4) is 22.5 Å². The standard InChI is InChI=1S/C16H10BrFN2O/c17-13-8-12(6-7-14(13)18)15-9-16(20(21)10-19-15)11-4-2-1-3-5-11/h1-10H. The van der Waals surface area contributed by atoms with Gasteiger partial charge < -0.3 is 5.21 Å². The first-order valence-electron chi connectivity index (χ1n) is 6.25. The molecule has 0 radical (unpaired) electrons. The second-order valence-electron chi connectivity index (χ2n) is 4.48. The quantitative estimate of drug-likeness (QED) is 0.521. The molecule has 0 N–H and O–H groups in total. The van der Waals surface area contributed by atoms with Crippen molar-refractivity contribution in [2.75, 3.05) is 0 Å². The zero-order chi connectivity index (χ0) is 14.8. The smallest absolute Gasteiger partial charge is 0.290 e. The van der Waals surface area contributed by atoms with E-state index in [-0.39, 0.29) is 5.82 Å². The molecule has 0 atom stereocenters. The summed E-state index contributed by atoms with van der Waals surface area (Å²) in [6, 6.07) is 15.7. The summed E-state index contributed by atoms with van der Waals surface area (Å²) in [4.78, 5) is 4.11. The molecule has 0 fully saturated rings. The van der Waals surface area contributed by atoms with Gasteiger partial charge in [0.05, 0.1) is 4.47 Å². The van der Waals surface area contributed by atoms with Gasteiger partial charge in [-0.25, -0.2) is 9.12 Å². The van der Waals surface area contributed by atoms with Gasteiger partial charge in [0.2, 0.25) is 0 Å². The third-order valence-electron chi connectivity index (χ3n) is 3.10. The van der Waals surface area contributed by atoms with Crippen molar-refractivity contribution in [3.63, 3.8) is 0 Å². The van der Waals surface area contributed by atoms with E-state index in [2.05, 4.69) is 20.9 Å². The first-order chi connectivity index (χ1) is 10.1. The van der Waals surface area contributed by atoms with Crippen LogP contribution in [0.15, 0.2) is 65.4 Å². The van der Waals surface area contributed by atoms with E-state index in [1.807, 2.05) is 30.3 Å². The van der Waals surface area contributed by atoms with Crippen molar-refractivity contribution in [1.82, 2.24) is 4.98 Å². The van der Waals surface area contributed by atoms with Crippen molar-refractivity contribution in [2.24, 2.45) is 0 Å². The van der Waals surface area contributed by atoms with Crippen molar-refractivity contribution < 1.29 is 9.12 Å². The molecule has 1 heterocycles. The minimum absolute atomic E-state index is 0.336. The third kappa shape index (κ3) is 2.78. The molecule has 0 saturated heterocycles. The number of hydrogen-bond donors (Lipinski definition) is 0. The molecule has 3 rings (SSSR count). The Morgan fingerprint density at radius 2 is 1.76 bits per heavy atom. The van der Waals surface area contributed by atoms with Gasteiger partial charge in [-0.15, -0.1) is 0 Å². The fourth-order valence-corrected chi connectivity index (χ4v) is 2.42. The molecule has 104 valence electrons. The number of halogens is 2. The first-order valence-corrected chi connectivity index (χ1v) is 7.04. The van der Waals surface area contributed by atoms with Crippen LogP contribution in [0.25, 0.3) is 22.5 Å². The molecule has 0 aliphatic carbocycles. The molecular formula is C16H10BrFN2O. The molecule has 3 aromatic rings. The Balaban J connectivity index is 2.11. The second-order valence-corrected chi connectivity index (χ2v) is 5.33. The lowest BCUT2D eigenvalue weighted by molar-refractivity contribution is -0.597. The zero-order valence-corrected chi connectivity index (χ0v) is 12.4. The van der Waals surface area contributed by atoms with Gasteiger partial charge in [0.25, 0.3) is 6.33 Å². The number of rotatable bonds is 2. The summed E-state index contributed by atoms with van der Waals surface area (Å²) < 4.78 is 14.4. The molecule has 0 unspecified atom stereocenters. The molecule has 3 nitrogen and oxygen atoms in total. The molecule has 0 aliphatic heterocycles. The fourth-order valence-electron chi connectivity index (χ4n) is 2.04. The molecule has 21 heavy (non-hydrogen) atoms. The van der Waals surface area contributed by atoms with E-state index in [0.29, 0.717) is 15.9 Å². The maximum Gasteiger partial charge on any atom is 0.290 e. The van der Waals surface area contributed by atoms with Gasteiger partial charge in [0.15, 0.2) is 5.69 Å². The highest BCUT2D eigenvalue weighted by Gasteiger charge is 2.13. The average molecular weight is 345 g/mol. The Kier molecular flexibility index (Phi) is 3.66. The van der Waals surface area contributed by atoms with Crippen LogP contribution < -0.4 is 4.73 Å². The van der Waals surface area contributed by atoms with E-state index >= 15 is 0 Å². The second kappa shape index (κ2) is 5.61. The molecule has 1 aromatic heterocycles. The molecule has 2 aromatic carbocycles. The van der Waals surface area contributed by atoms with Gasteiger partial charge in [0, 0.05) is 17.2 Å².